The van der Waals surface area contributed by atoms with Crippen LogP contribution in [0, 0.1) is 0 Å². The molecule has 236 valence electrons. The van der Waals surface area contributed by atoms with E-state index in [0.29, 0.717) is 17.1 Å². The topological polar surface area (TPSA) is 96.0 Å². The lowest BCUT2D eigenvalue weighted by Gasteiger charge is -2.34. The van der Waals surface area contributed by atoms with Crippen molar-refractivity contribution in [2.45, 2.75) is 43.7 Å². The molecule has 0 spiro atoms. The number of hydrogen-bond acceptors (Lipinski definition) is 5. The van der Waals surface area contributed by atoms with Crippen LogP contribution >= 0.6 is 11.6 Å². The van der Waals surface area contributed by atoms with E-state index in [1.54, 1.807) is 66.7 Å². The lowest BCUT2D eigenvalue weighted by Crippen LogP contribution is -2.53. The molecule has 1 atom stereocenters. The number of nitrogens with zero attached hydrogens (tertiary/aromatic N) is 2. The summed E-state index contributed by atoms with van der Waals surface area (Å²) in [6.45, 7) is 1.88. The molecule has 4 aromatic carbocycles. The third-order valence-corrected chi connectivity index (χ3v) is 9.51. The number of halogens is 1. The van der Waals surface area contributed by atoms with E-state index in [2.05, 4.69) is 5.32 Å². The Morgan fingerprint density at radius 3 is 2.16 bits per heavy atom. The van der Waals surface area contributed by atoms with Gasteiger partial charge in [-0.3, -0.25) is 13.9 Å². The second kappa shape index (κ2) is 16.1. The van der Waals surface area contributed by atoms with Gasteiger partial charge in [0.2, 0.25) is 11.8 Å². The zero-order chi connectivity index (χ0) is 32.2. The number of benzene rings is 4. The zero-order valence-corrected chi connectivity index (χ0v) is 27.0. The van der Waals surface area contributed by atoms with Crippen molar-refractivity contribution >= 4 is 39.1 Å². The van der Waals surface area contributed by atoms with E-state index in [-0.39, 0.29) is 35.2 Å². The molecule has 4 aromatic rings. The summed E-state index contributed by atoms with van der Waals surface area (Å²) >= 11 is 6.55. The molecular weight excluding hydrogens is 610 g/mol. The van der Waals surface area contributed by atoms with Crippen molar-refractivity contribution in [2.24, 2.45) is 0 Å². The van der Waals surface area contributed by atoms with Gasteiger partial charge in [-0.2, -0.15) is 0 Å². The van der Waals surface area contributed by atoms with Crippen LogP contribution in [0.3, 0.4) is 0 Å². The third-order valence-electron chi connectivity index (χ3n) is 7.36. The number of rotatable bonds is 15. The Morgan fingerprint density at radius 1 is 0.867 bits per heavy atom. The molecular formula is C35H38ClN3O5S. The maximum Gasteiger partial charge on any atom is 0.264 e. The van der Waals surface area contributed by atoms with Crippen molar-refractivity contribution in [3.63, 3.8) is 0 Å². The average Bonchev–Trinajstić information content (AvgIpc) is 3.06. The fraction of sp³-hybridized carbons (Fsp3) is 0.257. The number of para-hydroxylation sites is 2. The average molecular weight is 648 g/mol. The van der Waals surface area contributed by atoms with Gasteiger partial charge in [-0.05, 0) is 47.9 Å². The van der Waals surface area contributed by atoms with Crippen LogP contribution in [0.15, 0.2) is 114 Å². The van der Waals surface area contributed by atoms with Crippen LogP contribution in [0.5, 0.6) is 5.75 Å². The predicted octanol–water partition coefficient (Wildman–Crippen LogP) is 6.10. The highest BCUT2D eigenvalue weighted by Gasteiger charge is 2.35. The Morgan fingerprint density at radius 2 is 1.49 bits per heavy atom. The highest BCUT2D eigenvalue weighted by molar-refractivity contribution is 7.92. The summed E-state index contributed by atoms with van der Waals surface area (Å²) in [7, 11) is -2.80. The van der Waals surface area contributed by atoms with E-state index >= 15 is 0 Å². The predicted molar refractivity (Wildman–Crippen MR) is 178 cm³/mol. The molecule has 0 fully saturated rings. The van der Waals surface area contributed by atoms with Crippen molar-refractivity contribution in [2.75, 3.05) is 24.5 Å². The fourth-order valence-corrected chi connectivity index (χ4v) is 6.58. The molecule has 0 aromatic heterocycles. The minimum atomic E-state index is -4.24. The highest BCUT2D eigenvalue weighted by atomic mass is 35.5. The first kappa shape index (κ1) is 33.6. The van der Waals surface area contributed by atoms with Gasteiger partial charge in [0.25, 0.3) is 10.0 Å². The lowest BCUT2D eigenvalue weighted by atomic mass is 10.0. The third kappa shape index (κ3) is 8.65. The maximum atomic E-state index is 14.5. The lowest BCUT2D eigenvalue weighted by molar-refractivity contribution is -0.140. The molecule has 0 saturated carbocycles. The minimum Gasteiger partial charge on any atom is -0.495 e. The number of amides is 2. The van der Waals surface area contributed by atoms with Crippen molar-refractivity contribution < 1.29 is 22.7 Å². The fourth-order valence-electron chi connectivity index (χ4n) is 4.94. The van der Waals surface area contributed by atoms with E-state index in [9.17, 15) is 18.0 Å². The van der Waals surface area contributed by atoms with Crippen molar-refractivity contribution in [3.8, 4) is 5.75 Å². The number of anilines is 1. The van der Waals surface area contributed by atoms with Gasteiger partial charge >= 0.3 is 0 Å². The number of carbonyl (C=O) groups is 2. The van der Waals surface area contributed by atoms with Crippen molar-refractivity contribution in [3.05, 3.63) is 125 Å². The van der Waals surface area contributed by atoms with Gasteiger partial charge in [-0.25, -0.2) is 8.42 Å². The van der Waals surface area contributed by atoms with Crippen LogP contribution < -0.4 is 14.4 Å². The number of methoxy groups -OCH3 is 1. The van der Waals surface area contributed by atoms with Crippen molar-refractivity contribution in [1.29, 1.82) is 0 Å². The first-order valence-corrected chi connectivity index (χ1v) is 16.6. The summed E-state index contributed by atoms with van der Waals surface area (Å²) in [4.78, 5) is 29.8. The van der Waals surface area contributed by atoms with Crippen LogP contribution in [0.25, 0.3) is 0 Å². The van der Waals surface area contributed by atoms with Gasteiger partial charge in [-0.1, -0.05) is 104 Å². The smallest absolute Gasteiger partial charge is 0.264 e. The Kier molecular flexibility index (Phi) is 12.0. The molecule has 0 heterocycles. The van der Waals surface area contributed by atoms with Gasteiger partial charge in [0, 0.05) is 24.5 Å². The number of unbranched alkanes of at least 4 members (excludes halogenated alkanes) is 1. The standard InChI is InChI=1S/C35H38ClN3O5S/c1-3-4-23-37-35(41)32(24-27-15-7-5-8-16-27)38(25-28-17-11-12-20-30(28)36)34(40)26-39(31-21-13-14-22-33(31)44-2)45(42,43)29-18-9-6-10-19-29/h5-22,32H,3-4,23-26H2,1-2H3,(H,37,41)/t32-/m1/s1. The Balaban J connectivity index is 1.82. The Labute approximate surface area is 270 Å². The van der Waals surface area contributed by atoms with E-state index in [1.807, 2.05) is 37.3 Å². The summed E-state index contributed by atoms with van der Waals surface area (Å²) in [5.41, 5.74) is 1.67. The molecule has 10 heteroatoms. The summed E-state index contributed by atoms with van der Waals surface area (Å²) < 4.78 is 34.8. The molecule has 0 radical (unpaired) electrons. The SMILES string of the molecule is CCCCNC(=O)[C@@H](Cc1ccccc1)N(Cc1ccccc1Cl)C(=O)CN(c1ccccc1OC)S(=O)(=O)c1ccccc1. The van der Waals surface area contributed by atoms with Gasteiger partial charge in [0.05, 0.1) is 17.7 Å². The van der Waals surface area contributed by atoms with E-state index in [0.717, 1.165) is 22.7 Å². The molecule has 2 amide bonds. The van der Waals surface area contributed by atoms with Gasteiger partial charge in [-0.15, -0.1) is 0 Å². The van der Waals surface area contributed by atoms with Crippen LogP contribution in [0.4, 0.5) is 5.69 Å². The molecule has 0 aliphatic heterocycles. The second-order valence-electron chi connectivity index (χ2n) is 10.5. The zero-order valence-electron chi connectivity index (χ0n) is 25.4. The highest BCUT2D eigenvalue weighted by Crippen LogP contribution is 2.33. The molecule has 45 heavy (non-hydrogen) atoms. The monoisotopic (exact) mass is 647 g/mol. The molecule has 0 unspecified atom stereocenters. The summed E-state index contributed by atoms with van der Waals surface area (Å²) in [6, 6.07) is 30.1. The van der Waals surface area contributed by atoms with E-state index in [4.69, 9.17) is 16.3 Å². The first-order chi connectivity index (χ1) is 21.8. The van der Waals surface area contributed by atoms with Crippen LogP contribution in [-0.4, -0.2) is 51.4 Å². The molecule has 4 rings (SSSR count). The van der Waals surface area contributed by atoms with Gasteiger partial charge in [0.1, 0.15) is 18.3 Å². The van der Waals surface area contributed by atoms with Crippen LogP contribution in [-0.2, 0) is 32.6 Å². The largest absolute Gasteiger partial charge is 0.495 e. The maximum absolute atomic E-state index is 14.5. The molecule has 0 bridgehead atoms. The number of sulfonamides is 1. The number of hydrogen-bond donors (Lipinski definition) is 1. The first-order valence-electron chi connectivity index (χ1n) is 14.8. The molecule has 0 aliphatic carbocycles. The summed E-state index contributed by atoms with van der Waals surface area (Å²) in [5.74, 6) is -0.630. The molecule has 0 saturated heterocycles. The van der Waals surface area contributed by atoms with Gasteiger partial charge < -0.3 is 15.0 Å². The quantitative estimate of drug-likeness (QED) is 0.157. The summed E-state index contributed by atoms with van der Waals surface area (Å²) in [6.07, 6.45) is 1.88. The molecule has 8 nitrogen and oxygen atoms in total. The van der Waals surface area contributed by atoms with Gasteiger partial charge in [0.15, 0.2) is 0 Å². The van der Waals surface area contributed by atoms with E-state index < -0.39 is 28.5 Å². The normalized spacial score (nSPS) is 11.8. The Bertz CT molecular complexity index is 1670. The molecule has 0 aliphatic rings. The number of carbonyl (C=O) groups excluding carboxylic acids is 2. The number of ether oxygens (including phenoxy) is 1. The second-order valence-corrected chi connectivity index (χ2v) is 12.7. The van der Waals surface area contributed by atoms with E-state index in [1.165, 1.54) is 24.1 Å². The number of nitrogens with one attached hydrogen (secondary N) is 1. The van der Waals surface area contributed by atoms with Crippen molar-refractivity contribution in [1.82, 2.24) is 10.2 Å². The molecule has 1 N–H and O–H groups in total. The van der Waals surface area contributed by atoms with Crippen LogP contribution in [0.2, 0.25) is 5.02 Å². The Hall–Kier alpha value is -4.34. The van der Waals surface area contributed by atoms with Crippen LogP contribution in [0.1, 0.15) is 30.9 Å². The summed E-state index contributed by atoms with van der Waals surface area (Å²) in [5, 5.41) is 3.41. The minimum absolute atomic E-state index is 0.0116.